The number of ether oxygens (including phenoxy) is 1. The summed E-state index contributed by atoms with van der Waals surface area (Å²) in [6.07, 6.45) is 1.29. The quantitative estimate of drug-likeness (QED) is 0.437. The second-order valence-electron chi connectivity index (χ2n) is 4.46. The minimum atomic E-state index is -0.727. The standard InChI is InChI=1S/C14H10Cl3N3O4/c1-24-12-3-7(2-11(14(12)21)20(22)23)6-18-19-13-9(16)4-8(15)5-10(13)17/h2-6,19,21H,1H3/b18-6+. The highest BCUT2D eigenvalue weighted by molar-refractivity contribution is 6.41. The van der Waals surface area contributed by atoms with E-state index in [1.165, 1.54) is 31.5 Å². The molecule has 0 fully saturated rings. The SMILES string of the molecule is COc1cc(/C=N/Nc2c(Cl)cc(Cl)cc2Cl)cc([N+](=O)[O-])c1O. The van der Waals surface area contributed by atoms with E-state index in [9.17, 15) is 15.2 Å². The first-order chi connectivity index (χ1) is 11.3. The molecule has 2 aromatic rings. The van der Waals surface area contributed by atoms with Crippen molar-refractivity contribution in [2.24, 2.45) is 5.10 Å². The van der Waals surface area contributed by atoms with E-state index in [1.807, 2.05) is 0 Å². The van der Waals surface area contributed by atoms with Crippen molar-refractivity contribution in [2.45, 2.75) is 0 Å². The fraction of sp³-hybridized carbons (Fsp3) is 0.0714. The van der Waals surface area contributed by atoms with Crippen molar-refractivity contribution in [1.29, 1.82) is 0 Å². The zero-order valence-electron chi connectivity index (χ0n) is 12.1. The molecule has 126 valence electrons. The molecule has 10 heteroatoms. The van der Waals surface area contributed by atoms with Crippen LogP contribution in [0.5, 0.6) is 11.5 Å². The van der Waals surface area contributed by atoms with Gasteiger partial charge in [0.1, 0.15) is 0 Å². The highest BCUT2D eigenvalue weighted by Gasteiger charge is 2.19. The lowest BCUT2D eigenvalue weighted by Gasteiger charge is -2.07. The Hall–Kier alpha value is -2.22. The van der Waals surface area contributed by atoms with Gasteiger partial charge in [0.05, 0.1) is 34.0 Å². The number of phenolic OH excluding ortho intramolecular Hbond substituents is 1. The second-order valence-corrected chi connectivity index (χ2v) is 5.71. The summed E-state index contributed by atoms with van der Waals surface area (Å²) < 4.78 is 4.90. The molecule has 0 aliphatic heterocycles. The Bertz CT molecular complexity index is 804. The van der Waals surface area contributed by atoms with Crippen LogP contribution in [0, 0.1) is 10.1 Å². The van der Waals surface area contributed by atoms with Crippen molar-refractivity contribution in [3.8, 4) is 11.5 Å². The van der Waals surface area contributed by atoms with Crippen LogP contribution < -0.4 is 10.2 Å². The summed E-state index contributed by atoms with van der Waals surface area (Å²) in [6.45, 7) is 0. The third kappa shape index (κ3) is 4.00. The molecule has 0 unspecified atom stereocenters. The number of hydrogen-bond donors (Lipinski definition) is 2. The number of nitro groups is 1. The highest BCUT2D eigenvalue weighted by atomic mass is 35.5. The number of nitro benzene ring substituents is 1. The molecule has 0 saturated heterocycles. The van der Waals surface area contributed by atoms with Gasteiger partial charge in [0.2, 0.25) is 5.75 Å². The number of nitrogens with one attached hydrogen (secondary N) is 1. The Balaban J connectivity index is 2.30. The number of methoxy groups -OCH3 is 1. The molecule has 0 heterocycles. The predicted octanol–water partition coefficient (Wildman–Crippen LogP) is 4.72. The minimum absolute atomic E-state index is 0.0480. The zero-order chi connectivity index (χ0) is 17.9. The number of aromatic hydroxyl groups is 1. The molecule has 0 saturated carbocycles. The average Bonchev–Trinajstić information content (AvgIpc) is 2.50. The second kappa shape index (κ2) is 7.57. The van der Waals surface area contributed by atoms with E-state index in [1.54, 1.807) is 0 Å². The van der Waals surface area contributed by atoms with Gasteiger partial charge in [-0.2, -0.15) is 5.10 Å². The molecule has 0 aliphatic carbocycles. The summed E-state index contributed by atoms with van der Waals surface area (Å²) in [5.74, 6) is -0.607. The van der Waals surface area contributed by atoms with Gasteiger partial charge in [-0.05, 0) is 18.2 Å². The normalized spacial score (nSPS) is 10.8. The summed E-state index contributed by atoms with van der Waals surface area (Å²) in [7, 11) is 1.28. The number of anilines is 1. The monoisotopic (exact) mass is 389 g/mol. The maximum absolute atomic E-state index is 10.9. The largest absolute Gasteiger partial charge is 0.500 e. The van der Waals surface area contributed by atoms with Gasteiger partial charge in [-0.15, -0.1) is 0 Å². The molecule has 24 heavy (non-hydrogen) atoms. The molecule has 0 bridgehead atoms. The van der Waals surface area contributed by atoms with Gasteiger partial charge >= 0.3 is 5.69 Å². The summed E-state index contributed by atoms with van der Waals surface area (Å²) in [5.41, 5.74) is 2.79. The topological polar surface area (TPSA) is 97.0 Å². The number of hydrazone groups is 1. The third-order valence-electron chi connectivity index (χ3n) is 2.89. The first-order valence-electron chi connectivity index (χ1n) is 6.32. The van der Waals surface area contributed by atoms with Gasteiger partial charge in [0, 0.05) is 16.7 Å². The summed E-state index contributed by atoms with van der Waals surface area (Å²) in [4.78, 5) is 10.2. The highest BCUT2D eigenvalue weighted by Crippen LogP contribution is 2.36. The Kier molecular flexibility index (Phi) is 5.71. The smallest absolute Gasteiger partial charge is 0.315 e. The van der Waals surface area contributed by atoms with Crippen LogP contribution in [0.1, 0.15) is 5.56 Å². The minimum Gasteiger partial charge on any atom is -0.500 e. The molecule has 2 N–H and O–H groups in total. The third-order valence-corrected chi connectivity index (χ3v) is 3.71. The average molecular weight is 391 g/mol. The fourth-order valence-corrected chi connectivity index (χ4v) is 2.71. The van der Waals surface area contributed by atoms with Crippen LogP contribution in [-0.4, -0.2) is 23.4 Å². The first kappa shape index (κ1) is 18.1. The van der Waals surface area contributed by atoms with Crippen LogP contribution in [0.4, 0.5) is 11.4 Å². The van der Waals surface area contributed by atoms with E-state index >= 15 is 0 Å². The van der Waals surface area contributed by atoms with Crippen molar-refractivity contribution >= 4 is 52.4 Å². The summed E-state index contributed by atoms with van der Waals surface area (Å²) >= 11 is 17.8. The van der Waals surface area contributed by atoms with E-state index in [0.29, 0.717) is 16.3 Å². The predicted molar refractivity (Wildman–Crippen MR) is 94.0 cm³/mol. The molecule has 2 aromatic carbocycles. The van der Waals surface area contributed by atoms with E-state index in [-0.39, 0.29) is 15.8 Å². The van der Waals surface area contributed by atoms with Gasteiger partial charge in [-0.25, -0.2) is 0 Å². The molecule has 0 aliphatic rings. The number of phenols is 1. The molecule has 0 radical (unpaired) electrons. The lowest BCUT2D eigenvalue weighted by Crippen LogP contribution is -1.96. The van der Waals surface area contributed by atoms with Crippen LogP contribution in [0.15, 0.2) is 29.4 Å². The van der Waals surface area contributed by atoms with Gasteiger partial charge in [-0.1, -0.05) is 34.8 Å². The summed E-state index contributed by atoms with van der Waals surface area (Å²) in [6, 6.07) is 5.51. The number of benzene rings is 2. The van der Waals surface area contributed by atoms with Crippen LogP contribution in [0.25, 0.3) is 0 Å². The van der Waals surface area contributed by atoms with Gasteiger partial charge in [0.15, 0.2) is 5.75 Å². The molecular formula is C14H10Cl3N3O4. The van der Waals surface area contributed by atoms with Gasteiger partial charge < -0.3 is 9.84 Å². The van der Waals surface area contributed by atoms with E-state index < -0.39 is 16.4 Å². The van der Waals surface area contributed by atoms with Crippen molar-refractivity contribution in [1.82, 2.24) is 0 Å². The van der Waals surface area contributed by atoms with Crippen molar-refractivity contribution in [2.75, 3.05) is 12.5 Å². The van der Waals surface area contributed by atoms with Gasteiger partial charge in [0.25, 0.3) is 0 Å². The molecule has 0 amide bonds. The first-order valence-corrected chi connectivity index (χ1v) is 7.46. The van der Waals surface area contributed by atoms with E-state index in [0.717, 1.165) is 6.07 Å². The number of rotatable bonds is 5. The van der Waals surface area contributed by atoms with Crippen molar-refractivity contribution in [3.05, 3.63) is 55.0 Å². The van der Waals surface area contributed by atoms with Crippen LogP contribution in [-0.2, 0) is 0 Å². The Morgan fingerprint density at radius 1 is 1.25 bits per heavy atom. The maximum atomic E-state index is 10.9. The number of halogens is 3. The molecular weight excluding hydrogens is 381 g/mol. The summed E-state index contributed by atoms with van der Waals surface area (Å²) in [5, 5.41) is 25.5. The molecule has 0 atom stereocenters. The van der Waals surface area contributed by atoms with E-state index in [2.05, 4.69) is 10.5 Å². The molecule has 0 aromatic heterocycles. The number of hydrogen-bond acceptors (Lipinski definition) is 6. The van der Waals surface area contributed by atoms with Crippen LogP contribution >= 0.6 is 34.8 Å². The Labute approximate surface area is 151 Å². The van der Waals surface area contributed by atoms with Gasteiger partial charge in [-0.3, -0.25) is 15.5 Å². The molecule has 2 rings (SSSR count). The van der Waals surface area contributed by atoms with Crippen LogP contribution in [0.2, 0.25) is 15.1 Å². The lowest BCUT2D eigenvalue weighted by atomic mass is 10.2. The number of nitrogens with zero attached hydrogens (tertiary/aromatic N) is 2. The van der Waals surface area contributed by atoms with Crippen molar-refractivity contribution < 1.29 is 14.8 Å². The molecule has 7 nitrogen and oxygen atoms in total. The maximum Gasteiger partial charge on any atom is 0.315 e. The Morgan fingerprint density at radius 2 is 1.88 bits per heavy atom. The zero-order valence-corrected chi connectivity index (χ0v) is 14.4. The lowest BCUT2D eigenvalue weighted by molar-refractivity contribution is -0.386. The van der Waals surface area contributed by atoms with Crippen LogP contribution in [0.3, 0.4) is 0 Å². The Morgan fingerprint density at radius 3 is 2.42 bits per heavy atom. The fourth-order valence-electron chi connectivity index (χ4n) is 1.80. The van der Waals surface area contributed by atoms with E-state index in [4.69, 9.17) is 39.5 Å². The van der Waals surface area contributed by atoms with Crippen molar-refractivity contribution in [3.63, 3.8) is 0 Å². The molecule has 0 spiro atoms.